The first-order valence-corrected chi connectivity index (χ1v) is 6.49. The molecule has 1 aromatic carbocycles. The second-order valence-electron chi connectivity index (χ2n) is 4.85. The Morgan fingerprint density at radius 1 is 1.33 bits per heavy atom. The van der Waals surface area contributed by atoms with Crippen LogP contribution in [0.5, 0.6) is 0 Å². The van der Waals surface area contributed by atoms with Crippen LogP contribution in [0.15, 0.2) is 18.2 Å². The lowest BCUT2D eigenvalue weighted by molar-refractivity contribution is -0.383. The van der Waals surface area contributed by atoms with Crippen molar-refractivity contribution in [3.8, 4) is 0 Å². The van der Waals surface area contributed by atoms with E-state index in [-0.39, 0.29) is 22.8 Å². The normalized spacial score (nSPS) is 15.6. The Balaban J connectivity index is 2.23. The number of nitrogens with one attached hydrogen (secondary N) is 1. The molecule has 0 radical (unpaired) electrons. The summed E-state index contributed by atoms with van der Waals surface area (Å²) in [4.78, 5) is 37.0. The molecule has 21 heavy (non-hydrogen) atoms. The third kappa shape index (κ3) is 3.34. The number of nitro groups is 1. The van der Waals surface area contributed by atoms with Crippen molar-refractivity contribution in [2.75, 3.05) is 38.5 Å². The summed E-state index contributed by atoms with van der Waals surface area (Å²) in [5, 5.41) is 13.3. The highest BCUT2D eigenvalue weighted by Gasteiger charge is 2.23. The lowest BCUT2D eigenvalue weighted by Gasteiger charge is -2.32. The molecule has 0 spiro atoms. The first kappa shape index (κ1) is 14.9. The van der Waals surface area contributed by atoms with E-state index in [1.807, 2.05) is 7.05 Å². The van der Waals surface area contributed by atoms with E-state index in [9.17, 15) is 19.7 Å². The van der Waals surface area contributed by atoms with Crippen molar-refractivity contribution in [2.45, 2.75) is 0 Å². The van der Waals surface area contributed by atoms with E-state index in [0.717, 1.165) is 13.1 Å². The maximum atomic E-state index is 12.3. The molecule has 1 aliphatic heterocycles. The molecular formula is C13H16N4O4. The molecule has 1 saturated heterocycles. The largest absolute Gasteiger partial charge is 0.336 e. The van der Waals surface area contributed by atoms with Crippen molar-refractivity contribution in [1.29, 1.82) is 0 Å². The Kier molecular flexibility index (Phi) is 4.49. The molecule has 1 aromatic rings. The quantitative estimate of drug-likeness (QED) is 0.496. The van der Waals surface area contributed by atoms with Gasteiger partial charge in [0.05, 0.1) is 4.92 Å². The summed E-state index contributed by atoms with van der Waals surface area (Å²) in [7, 11) is 1.98. The van der Waals surface area contributed by atoms with Gasteiger partial charge in [-0.15, -0.1) is 0 Å². The van der Waals surface area contributed by atoms with Gasteiger partial charge in [-0.1, -0.05) is 0 Å². The van der Waals surface area contributed by atoms with Gasteiger partial charge in [0.25, 0.3) is 11.6 Å². The molecule has 0 atom stereocenters. The van der Waals surface area contributed by atoms with Crippen LogP contribution in [0.4, 0.5) is 11.4 Å². The molecule has 1 N–H and O–H groups in total. The number of carbonyl (C=O) groups is 2. The standard InChI is InChI=1S/C13H16N4O4/c1-15-4-6-16(7-5-15)13(19)10-2-3-11(14-9-18)12(8-10)17(20)21/h2-3,8-9H,4-7H2,1H3,(H,14,18). The van der Waals surface area contributed by atoms with E-state index in [1.165, 1.54) is 18.2 Å². The van der Waals surface area contributed by atoms with Crippen LogP contribution in [0.2, 0.25) is 0 Å². The number of hydrogen-bond donors (Lipinski definition) is 1. The number of hydrogen-bond acceptors (Lipinski definition) is 5. The van der Waals surface area contributed by atoms with Gasteiger partial charge in [-0.3, -0.25) is 19.7 Å². The number of benzene rings is 1. The maximum Gasteiger partial charge on any atom is 0.293 e. The van der Waals surface area contributed by atoms with Gasteiger partial charge in [0.15, 0.2) is 0 Å². The van der Waals surface area contributed by atoms with Gasteiger partial charge in [-0.2, -0.15) is 0 Å². The Morgan fingerprint density at radius 3 is 2.57 bits per heavy atom. The third-order valence-corrected chi connectivity index (χ3v) is 3.45. The molecule has 0 aromatic heterocycles. The first-order chi connectivity index (χ1) is 10.0. The Bertz CT molecular complexity index is 567. The van der Waals surface area contributed by atoms with Gasteiger partial charge in [0.1, 0.15) is 5.69 Å². The average Bonchev–Trinajstić information content (AvgIpc) is 2.48. The summed E-state index contributed by atoms with van der Waals surface area (Å²) in [5.41, 5.74) is 0.0368. The number of nitro benzene ring substituents is 1. The summed E-state index contributed by atoms with van der Waals surface area (Å²) >= 11 is 0. The number of nitrogens with zero attached hydrogens (tertiary/aromatic N) is 3. The predicted octanol–water partition coefficient (Wildman–Crippen LogP) is 0.551. The number of carbonyl (C=O) groups excluding carboxylic acids is 2. The van der Waals surface area contributed by atoms with Crippen molar-refractivity contribution in [1.82, 2.24) is 9.80 Å². The highest BCUT2D eigenvalue weighted by Crippen LogP contribution is 2.25. The molecule has 0 aliphatic carbocycles. The van der Waals surface area contributed by atoms with Crippen molar-refractivity contribution < 1.29 is 14.5 Å². The fraction of sp³-hybridized carbons (Fsp3) is 0.385. The number of rotatable bonds is 4. The molecule has 0 saturated carbocycles. The minimum Gasteiger partial charge on any atom is -0.336 e. The summed E-state index contributed by atoms with van der Waals surface area (Å²) in [6, 6.07) is 4.06. The maximum absolute atomic E-state index is 12.3. The van der Waals surface area contributed by atoms with Gasteiger partial charge in [0, 0.05) is 37.8 Å². The van der Waals surface area contributed by atoms with E-state index < -0.39 is 4.92 Å². The van der Waals surface area contributed by atoms with Crippen LogP contribution in [0.1, 0.15) is 10.4 Å². The van der Waals surface area contributed by atoms with Gasteiger partial charge in [-0.05, 0) is 19.2 Å². The van der Waals surface area contributed by atoms with Crippen LogP contribution < -0.4 is 5.32 Å². The van der Waals surface area contributed by atoms with E-state index in [2.05, 4.69) is 10.2 Å². The SMILES string of the molecule is CN1CCN(C(=O)c2ccc(NC=O)c([N+](=O)[O-])c2)CC1. The van der Waals surface area contributed by atoms with Crippen LogP contribution in [0.25, 0.3) is 0 Å². The van der Waals surface area contributed by atoms with Crippen LogP contribution in [0, 0.1) is 10.1 Å². The Hall–Kier alpha value is -2.48. The Labute approximate surface area is 121 Å². The highest BCUT2D eigenvalue weighted by molar-refractivity contribution is 5.96. The third-order valence-electron chi connectivity index (χ3n) is 3.45. The second-order valence-corrected chi connectivity index (χ2v) is 4.85. The highest BCUT2D eigenvalue weighted by atomic mass is 16.6. The first-order valence-electron chi connectivity index (χ1n) is 6.49. The van der Waals surface area contributed by atoms with E-state index in [4.69, 9.17) is 0 Å². The summed E-state index contributed by atoms with van der Waals surface area (Å²) in [6.45, 7) is 2.74. The smallest absolute Gasteiger partial charge is 0.293 e. The van der Waals surface area contributed by atoms with Crippen molar-refractivity contribution in [3.05, 3.63) is 33.9 Å². The molecule has 0 unspecified atom stereocenters. The summed E-state index contributed by atoms with van der Waals surface area (Å²) in [6.07, 6.45) is 0.365. The predicted molar refractivity (Wildman–Crippen MR) is 76.2 cm³/mol. The fourth-order valence-electron chi connectivity index (χ4n) is 2.19. The molecule has 2 amide bonds. The minimum absolute atomic E-state index is 0.0740. The minimum atomic E-state index is -0.618. The molecular weight excluding hydrogens is 276 g/mol. The average molecular weight is 292 g/mol. The number of likely N-dealkylation sites (N-methyl/N-ethyl adjacent to an activating group) is 1. The lowest BCUT2D eigenvalue weighted by Crippen LogP contribution is -2.47. The van der Waals surface area contributed by atoms with E-state index in [1.54, 1.807) is 4.90 Å². The molecule has 8 nitrogen and oxygen atoms in total. The van der Waals surface area contributed by atoms with Crippen molar-refractivity contribution in [2.24, 2.45) is 0 Å². The van der Waals surface area contributed by atoms with E-state index in [0.29, 0.717) is 19.5 Å². The fourth-order valence-corrected chi connectivity index (χ4v) is 2.19. The van der Waals surface area contributed by atoms with Crippen LogP contribution in [-0.2, 0) is 4.79 Å². The molecule has 2 rings (SSSR count). The molecule has 1 fully saturated rings. The molecule has 8 heteroatoms. The number of anilines is 1. The summed E-state index contributed by atoms with van der Waals surface area (Å²) < 4.78 is 0. The van der Waals surface area contributed by atoms with Crippen LogP contribution in [-0.4, -0.2) is 60.3 Å². The second kappa shape index (κ2) is 6.31. The number of amides is 2. The lowest BCUT2D eigenvalue weighted by atomic mass is 10.1. The zero-order valence-electron chi connectivity index (χ0n) is 11.6. The zero-order valence-corrected chi connectivity index (χ0v) is 11.6. The molecule has 1 aliphatic rings. The monoisotopic (exact) mass is 292 g/mol. The molecule has 0 bridgehead atoms. The van der Waals surface area contributed by atoms with E-state index >= 15 is 0 Å². The van der Waals surface area contributed by atoms with Crippen molar-refractivity contribution in [3.63, 3.8) is 0 Å². The zero-order chi connectivity index (χ0) is 15.4. The van der Waals surface area contributed by atoms with Crippen LogP contribution in [0.3, 0.4) is 0 Å². The van der Waals surface area contributed by atoms with Gasteiger partial charge >= 0.3 is 0 Å². The van der Waals surface area contributed by atoms with Gasteiger partial charge in [0.2, 0.25) is 6.41 Å². The van der Waals surface area contributed by atoms with Gasteiger partial charge < -0.3 is 15.1 Å². The van der Waals surface area contributed by atoms with Crippen LogP contribution >= 0.6 is 0 Å². The molecule has 112 valence electrons. The van der Waals surface area contributed by atoms with Crippen molar-refractivity contribution >= 4 is 23.7 Å². The topological polar surface area (TPSA) is 95.8 Å². The Morgan fingerprint density at radius 2 is 2.00 bits per heavy atom. The number of piperazine rings is 1. The van der Waals surface area contributed by atoms with Gasteiger partial charge in [-0.25, -0.2) is 0 Å². The summed E-state index contributed by atoms with van der Waals surface area (Å²) in [5.74, 6) is -0.233. The molecule has 1 heterocycles.